The Morgan fingerprint density at radius 1 is 1.00 bits per heavy atom. The van der Waals surface area contributed by atoms with Crippen molar-refractivity contribution in [2.24, 2.45) is 0 Å². The van der Waals surface area contributed by atoms with Crippen LogP contribution in [0.3, 0.4) is 0 Å². The van der Waals surface area contributed by atoms with Gasteiger partial charge in [0.15, 0.2) is 0 Å². The highest BCUT2D eigenvalue weighted by atomic mass is 16.3. The van der Waals surface area contributed by atoms with Crippen LogP contribution in [0, 0.1) is 0 Å². The Bertz CT molecular complexity index is 536. The van der Waals surface area contributed by atoms with Crippen molar-refractivity contribution in [3.63, 3.8) is 0 Å². The second-order valence-corrected chi connectivity index (χ2v) is 5.29. The topological polar surface area (TPSA) is 23.5 Å². The third kappa shape index (κ3) is 5.54. The quantitative estimate of drug-likeness (QED) is 0.835. The predicted molar refractivity (Wildman–Crippen MR) is 89.0 cm³/mol. The molecule has 0 aromatic heterocycles. The van der Waals surface area contributed by atoms with E-state index in [9.17, 15) is 5.11 Å². The van der Waals surface area contributed by atoms with Gasteiger partial charge in [-0.25, -0.2) is 0 Å². The lowest BCUT2D eigenvalue weighted by molar-refractivity contribution is 0.152. The Balaban J connectivity index is 1.72. The summed E-state index contributed by atoms with van der Waals surface area (Å²) in [7, 11) is 2.08. The van der Waals surface area contributed by atoms with E-state index in [0.29, 0.717) is 0 Å². The van der Waals surface area contributed by atoms with Crippen LogP contribution in [-0.4, -0.2) is 30.1 Å². The monoisotopic (exact) mass is 281 g/mol. The molecule has 0 saturated carbocycles. The summed E-state index contributed by atoms with van der Waals surface area (Å²) in [6.07, 6.45) is 4.65. The lowest BCUT2D eigenvalue weighted by atomic mass is 10.1. The maximum Gasteiger partial charge on any atom is 0.0802 e. The fourth-order valence-corrected chi connectivity index (χ4v) is 2.21. The average molecular weight is 281 g/mol. The van der Waals surface area contributed by atoms with E-state index in [4.69, 9.17) is 0 Å². The first kappa shape index (κ1) is 15.5. The third-order valence-electron chi connectivity index (χ3n) is 3.50. The molecule has 0 radical (unpaired) electrons. The van der Waals surface area contributed by atoms with Crippen molar-refractivity contribution in [1.82, 2.24) is 4.90 Å². The van der Waals surface area contributed by atoms with E-state index >= 15 is 0 Å². The molecule has 110 valence electrons. The standard InChI is InChI=1S/C19H23NO/c1-20(15-8-11-17-9-4-2-5-10-17)16-14-19(21)18-12-6-3-7-13-18/h2-13,19,21H,14-16H2,1H3/b11-8+. The van der Waals surface area contributed by atoms with Gasteiger partial charge in [0.05, 0.1) is 6.10 Å². The van der Waals surface area contributed by atoms with Crippen LogP contribution < -0.4 is 0 Å². The van der Waals surface area contributed by atoms with Crippen molar-refractivity contribution in [2.45, 2.75) is 12.5 Å². The summed E-state index contributed by atoms with van der Waals surface area (Å²) in [5, 5.41) is 10.1. The Kier molecular flexibility index (Phi) is 6.20. The maximum atomic E-state index is 10.1. The highest BCUT2D eigenvalue weighted by Crippen LogP contribution is 2.15. The molecule has 0 aliphatic carbocycles. The van der Waals surface area contributed by atoms with E-state index in [1.807, 2.05) is 48.5 Å². The molecule has 0 aliphatic heterocycles. The summed E-state index contributed by atoms with van der Waals surface area (Å²) in [5.41, 5.74) is 2.21. The molecule has 0 bridgehead atoms. The highest BCUT2D eigenvalue weighted by Gasteiger charge is 2.07. The van der Waals surface area contributed by atoms with Crippen LogP contribution >= 0.6 is 0 Å². The molecule has 0 saturated heterocycles. The van der Waals surface area contributed by atoms with Crippen LogP contribution in [0.15, 0.2) is 66.7 Å². The lowest BCUT2D eigenvalue weighted by Crippen LogP contribution is -2.21. The van der Waals surface area contributed by atoms with Gasteiger partial charge in [-0.1, -0.05) is 72.8 Å². The van der Waals surface area contributed by atoms with Crippen LogP contribution in [0.2, 0.25) is 0 Å². The van der Waals surface area contributed by atoms with Gasteiger partial charge >= 0.3 is 0 Å². The number of aliphatic hydroxyl groups is 1. The van der Waals surface area contributed by atoms with E-state index in [-0.39, 0.29) is 6.10 Å². The maximum absolute atomic E-state index is 10.1. The molecule has 0 spiro atoms. The summed E-state index contributed by atoms with van der Waals surface area (Å²) in [6.45, 7) is 1.76. The van der Waals surface area contributed by atoms with E-state index in [0.717, 1.165) is 25.1 Å². The minimum atomic E-state index is -0.383. The van der Waals surface area contributed by atoms with Crippen molar-refractivity contribution in [1.29, 1.82) is 0 Å². The van der Waals surface area contributed by atoms with Crippen molar-refractivity contribution >= 4 is 6.08 Å². The van der Waals surface area contributed by atoms with Crippen molar-refractivity contribution < 1.29 is 5.11 Å². The molecule has 2 nitrogen and oxygen atoms in total. The minimum Gasteiger partial charge on any atom is -0.388 e. The number of rotatable bonds is 7. The zero-order chi connectivity index (χ0) is 14.9. The molecule has 1 atom stereocenters. The van der Waals surface area contributed by atoms with Gasteiger partial charge in [0.25, 0.3) is 0 Å². The van der Waals surface area contributed by atoms with E-state index in [1.54, 1.807) is 0 Å². The molecule has 2 aromatic carbocycles. The molecular weight excluding hydrogens is 258 g/mol. The van der Waals surface area contributed by atoms with Gasteiger partial charge in [0.2, 0.25) is 0 Å². The van der Waals surface area contributed by atoms with Crippen LogP contribution in [0.1, 0.15) is 23.7 Å². The van der Waals surface area contributed by atoms with Crippen LogP contribution in [-0.2, 0) is 0 Å². The number of hydrogen-bond donors (Lipinski definition) is 1. The largest absolute Gasteiger partial charge is 0.388 e. The molecule has 21 heavy (non-hydrogen) atoms. The SMILES string of the molecule is CN(C/C=C/c1ccccc1)CCC(O)c1ccccc1. The summed E-state index contributed by atoms with van der Waals surface area (Å²) >= 11 is 0. The average Bonchev–Trinajstić information content (AvgIpc) is 2.54. The van der Waals surface area contributed by atoms with Crippen molar-refractivity contribution in [2.75, 3.05) is 20.1 Å². The van der Waals surface area contributed by atoms with Gasteiger partial charge in [-0.05, 0) is 24.6 Å². The summed E-state index contributed by atoms with van der Waals surface area (Å²) < 4.78 is 0. The van der Waals surface area contributed by atoms with Gasteiger partial charge in [0.1, 0.15) is 0 Å². The third-order valence-corrected chi connectivity index (χ3v) is 3.50. The van der Waals surface area contributed by atoms with Gasteiger partial charge in [-0.3, -0.25) is 0 Å². The molecule has 1 unspecified atom stereocenters. The van der Waals surface area contributed by atoms with E-state index in [1.165, 1.54) is 5.56 Å². The molecular formula is C19H23NO. The van der Waals surface area contributed by atoms with Crippen LogP contribution in [0.25, 0.3) is 6.08 Å². The van der Waals surface area contributed by atoms with Crippen LogP contribution in [0.5, 0.6) is 0 Å². The number of likely N-dealkylation sites (N-methyl/N-ethyl adjacent to an activating group) is 1. The van der Waals surface area contributed by atoms with Gasteiger partial charge in [-0.15, -0.1) is 0 Å². The molecule has 0 amide bonds. The van der Waals surface area contributed by atoms with Crippen LogP contribution in [0.4, 0.5) is 0 Å². The van der Waals surface area contributed by atoms with Crippen molar-refractivity contribution in [3.05, 3.63) is 77.9 Å². The smallest absolute Gasteiger partial charge is 0.0802 e. The molecule has 2 aromatic rings. The van der Waals surface area contributed by atoms with Gasteiger partial charge in [-0.2, -0.15) is 0 Å². The molecule has 1 N–H and O–H groups in total. The zero-order valence-corrected chi connectivity index (χ0v) is 12.5. The first-order chi connectivity index (χ1) is 10.3. The number of benzene rings is 2. The van der Waals surface area contributed by atoms with E-state index in [2.05, 4.69) is 36.2 Å². The molecule has 2 heteroatoms. The Morgan fingerprint density at radius 3 is 2.29 bits per heavy atom. The van der Waals surface area contributed by atoms with Gasteiger partial charge in [0, 0.05) is 13.1 Å². The highest BCUT2D eigenvalue weighted by molar-refractivity contribution is 5.48. The fourth-order valence-electron chi connectivity index (χ4n) is 2.21. The number of nitrogens with zero attached hydrogens (tertiary/aromatic N) is 1. The molecule has 2 rings (SSSR count). The molecule has 0 aliphatic rings. The summed E-state index contributed by atoms with van der Waals surface area (Å²) in [4.78, 5) is 2.21. The normalized spacial score (nSPS) is 12.9. The second kappa shape index (κ2) is 8.40. The zero-order valence-electron chi connectivity index (χ0n) is 12.5. The minimum absolute atomic E-state index is 0.383. The second-order valence-electron chi connectivity index (χ2n) is 5.29. The first-order valence-corrected chi connectivity index (χ1v) is 7.39. The first-order valence-electron chi connectivity index (χ1n) is 7.39. The summed E-state index contributed by atoms with van der Waals surface area (Å²) in [5.74, 6) is 0. The fraction of sp³-hybridized carbons (Fsp3) is 0.263. The number of hydrogen-bond acceptors (Lipinski definition) is 2. The lowest BCUT2D eigenvalue weighted by Gasteiger charge is -2.17. The predicted octanol–water partition coefficient (Wildman–Crippen LogP) is 3.76. The molecule has 0 fully saturated rings. The van der Waals surface area contributed by atoms with E-state index < -0.39 is 0 Å². The van der Waals surface area contributed by atoms with Gasteiger partial charge < -0.3 is 10.0 Å². The number of aliphatic hydroxyl groups excluding tert-OH is 1. The summed E-state index contributed by atoms with van der Waals surface area (Å²) in [6, 6.07) is 20.1. The Morgan fingerprint density at radius 2 is 1.62 bits per heavy atom. The Labute approximate surface area is 127 Å². The van der Waals surface area contributed by atoms with Crippen molar-refractivity contribution in [3.8, 4) is 0 Å². The molecule has 0 heterocycles. The Hall–Kier alpha value is -1.90.